The molecule has 2 rings (SSSR count). The average molecular weight is 276 g/mol. The van der Waals surface area contributed by atoms with Gasteiger partial charge < -0.3 is 9.47 Å². The maximum absolute atomic E-state index is 5.38. The maximum Gasteiger partial charge on any atom is 0.0468 e. The lowest BCUT2D eigenvalue weighted by Crippen LogP contribution is -2.18. The van der Waals surface area contributed by atoms with Crippen LogP contribution < -0.4 is 0 Å². The highest BCUT2D eigenvalue weighted by Crippen LogP contribution is 2.25. The topological polar surface area (TPSA) is 18.5 Å². The van der Waals surface area contributed by atoms with E-state index < -0.39 is 0 Å². The van der Waals surface area contributed by atoms with Gasteiger partial charge in [-0.25, -0.2) is 0 Å². The van der Waals surface area contributed by atoms with E-state index in [1.54, 1.807) is 0 Å². The second-order valence-electron chi connectivity index (χ2n) is 4.97. The molecular formula is C13H24O2S2. The first-order valence-corrected chi connectivity index (χ1v) is 9.07. The Kier molecular flexibility index (Phi) is 7.16. The Morgan fingerprint density at radius 2 is 1.12 bits per heavy atom. The summed E-state index contributed by atoms with van der Waals surface area (Å²) in [5, 5.41) is 1.27. The zero-order valence-corrected chi connectivity index (χ0v) is 12.2. The summed E-state index contributed by atoms with van der Waals surface area (Å²) in [4.78, 5) is 0. The molecule has 0 atom stereocenters. The minimum atomic E-state index is 0.914. The molecule has 0 amide bonds. The second kappa shape index (κ2) is 8.68. The fraction of sp³-hybridized carbons (Fsp3) is 1.00. The Labute approximate surface area is 114 Å². The minimum Gasteiger partial charge on any atom is -0.381 e. The molecule has 0 bridgehead atoms. The minimum absolute atomic E-state index is 0.914. The first-order valence-electron chi connectivity index (χ1n) is 6.76. The van der Waals surface area contributed by atoms with Crippen molar-refractivity contribution in [3.05, 3.63) is 0 Å². The number of rotatable bonds is 6. The lowest BCUT2D eigenvalue weighted by molar-refractivity contribution is 0.0727. The molecule has 2 saturated heterocycles. The number of ether oxygens (including phenoxy) is 2. The number of hydrogen-bond donors (Lipinski definition) is 0. The molecule has 2 aliphatic rings. The van der Waals surface area contributed by atoms with Crippen molar-refractivity contribution >= 4 is 23.5 Å². The van der Waals surface area contributed by atoms with Crippen LogP contribution in [0.2, 0.25) is 0 Å². The summed E-state index contributed by atoms with van der Waals surface area (Å²) in [6.07, 6.45) is 5.10. The molecule has 0 spiro atoms. The fourth-order valence-electron chi connectivity index (χ4n) is 2.31. The van der Waals surface area contributed by atoms with Crippen LogP contribution in [0.4, 0.5) is 0 Å². The predicted octanol–water partition coefficient (Wildman–Crippen LogP) is 3.26. The summed E-state index contributed by atoms with van der Waals surface area (Å²) < 4.78 is 10.8. The lowest BCUT2D eigenvalue weighted by atomic mass is 10.0. The van der Waals surface area contributed by atoms with Gasteiger partial charge in [-0.3, -0.25) is 0 Å². The van der Waals surface area contributed by atoms with Gasteiger partial charge >= 0.3 is 0 Å². The molecular weight excluding hydrogens is 252 g/mol. The van der Waals surface area contributed by atoms with E-state index in [4.69, 9.17) is 9.47 Å². The normalized spacial score (nSPS) is 24.0. The highest BCUT2D eigenvalue weighted by atomic mass is 32.2. The Morgan fingerprint density at radius 1 is 0.706 bits per heavy atom. The van der Waals surface area contributed by atoms with Crippen molar-refractivity contribution in [3.8, 4) is 0 Å². The molecule has 0 aromatic carbocycles. The summed E-state index contributed by atoms with van der Waals surface area (Å²) in [7, 11) is 0. The molecule has 0 N–H and O–H groups in total. The van der Waals surface area contributed by atoms with Crippen molar-refractivity contribution in [1.29, 1.82) is 0 Å². The van der Waals surface area contributed by atoms with E-state index in [1.807, 2.05) is 0 Å². The zero-order chi connectivity index (χ0) is 11.8. The average Bonchev–Trinajstić information content (AvgIpc) is 2.41. The van der Waals surface area contributed by atoms with Gasteiger partial charge in [-0.05, 0) is 49.0 Å². The third kappa shape index (κ3) is 5.86. The van der Waals surface area contributed by atoms with Crippen molar-refractivity contribution < 1.29 is 9.47 Å². The second-order valence-corrected chi connectivity index (χ2v) is 7.40. The molecule has 2 fully saturated rings. The van der Waals surface area contributed by atoms with Gasteiger partial charge in [-0.2, -0.15) is 23.5 Å². The van der Waals surface area contributed by atoms with Gasteiger partial charge in [-0.1, -0.05) is 0 Å². The third-order valence-electron chi connectivity index (χ3n) is 3.56. The first-order chi connectivity index (χ1) is 8.45. The number of hydrogen-bond acceptors (Lipinski definition) is 4. The molecule has 2 aliphatic heterocycles. The molecule has 0 saturated carbocycles. The van der Waals surface area contributed by atoms with Gasteiger partial charge in [0.15, 0.2) is 0 Å². The van der Waals surface area contributed by atoms with E-state index in [1.165, 1.54) is 42.3 Å². The van der Waals surface area contributed by atoms with Crippen LogP contribution in [0.15, 0.2) is 0 Å². The monoisotopic (exact) mass is 276 g/mol. The van der Waals surface area contributed by atoms with Crippen molar-refractivity contribution in [3.63, 3.8) is 0 Å². The Morgan fingerprint density at radius 3 is 1.53 bits per heavy atom. The van der Waals surface area contributed by atoms with Gasteiger partial charge in [0.2, 0.25) is 0 Å². The molecule has 0 aromatic rings. The fourth-order valence-corrected chi connectivity index (χ4v) is 4.89. The quantitative estimate of drug-likeness (QED) is 0.547. The van der Waals surface area contributed by atoms with Crippen molar-refractivity contribution in [1.82, 2.24) is 0 Å². The van der Waals surface area contributed by atoms with Crippen LogP contribution in [0.5, 0.6) is 0 Å². The van der Waals surface area contributed by atoms with Crippen molar-refractivity contribution in [2.75, 3.05) is 43.0 Å². The summed E-state index contributed by atoms with van der Waals surface area (Å²) >= 11 is 4.25. The van der Waals surface area contributed by atoms with Crippen molar-refractivity contribution in [2.45, 2.75) is 25.7 Å². The summed E-state index contributed by atoms with van der Waals surface area (Å²) in [5.41, 5.74) is 0. The molecule has 0 aliphatic carbocycles. The van der Waals surface area contributed by atoms with E-state index in [2.05, 4.69) is 23.5 Å². The SMILES string of the molecule is C1CC(CSCSCC2CCOCC2)CCO1. The van der Waals surface area contributed by atoms with Gasteiger partial charge in [0.25, 0.3) is 0 Å². The summed E-state index contributed by atoms with van der Waals surface area (Å²) in [5.74, 6) is 4.50. The van der Waals surface area contributed by atoms with E-state index in [0.717, 1.165) is 38.3 Å². The molecule has 2 nitrogen and oxygen atoms in total. The standard InChI is InChI=1S/C13H24O2S2/c1-5-14-6-2-12(1)9-16-11-17-10-13-3-7-15-8-4-13/h12-13H,1-11H2. The third-order valence-corrected chi connectivity index (χ3v) is 6.30. The molecule has 0 radical (unpaired) electrons. The van der Waals surface area contributed by atoms with Gasteiger partial charge in [0.05, 0.1) is 0 Å². The highest BCUT2D eigenvalue weighted by molar-refractivity contribution is 8.15. The maximum atomic E-state index is 5.38. The smallest absolute Gasteiger partial charge is 0.0468 e. The van der Waals surface area contributed by atoms with Crippen LogP contribution in [0.1, 0.15) is 25.7 Å². The zero-order valence-electron chi connectivity index (χ0n) is 10.6. The van der Waals surface area contributed by atoms with Crippen LogP contribution in [-0.2, 0) is 9.47 Å². The van der Waals surface area contributed by atoms with E-state index in [0.29, 0.717) is 0 Å². The van der Waals surface area contributed by atoms with Crippen LogP contribution in [0.3, 0.4) is 0 Å². The van der Waals surface area contributed by atoms with Crippen LogP contribution in [0.25, 0.3) is 0 Å². The summed E-state index contributed by atoms with van der Waals surface area (Å²) in [6.45, 7) is 3.95. The Balaban J connectivity index is 1.42. The molecule has 4 heteroatoms. The largest absolute Gasteiger partial charge is 0.381 e. The lowest BCUT2D eigenvalue weighted by Gasteiger charge is -2.22. The molecule has 2 heterocycles. The summed E-state index contributed by atoms with van der Waals surface area (Å²) in [6, 6.07) is 0. The number of thioether (sulfide) groups is 2. The Bertz CT molecular complexity index is 170. The van der Waals surface area contributed by atoms with E-state index in [9.17, 15) is 0 Å². The molecule has 17 heavy (non-hydrogen) atoms. The predicted molar refractivity (Wildman–Crippen MR) is 76.9 cm³/mol. The van der Waals surface area contributed by atoms with Gasteiger partial charge in [-0.15, -0.1) is 0 Å². The van der Waals surface area contributed by atoms with E-state index in [-0.39, 0.29) is 0 Å². The molecule has 0 aromatic heterocycles. The van der Waals surface area contributed by atoms with Crippen LogP contribution in [0, 0.1) is 11.8 Å². The van der Waals surface area contributed by atoms with E-state index >= 15 is 0 Å². The highest BCUT2D eigenvalue weighted by Gasteiger charge is 2.15. The first kappa shape index (κ1) is 14.0. The van der Waals surface area contributed by atoms with Gasteiger partial charge in [0, 0.05) is 31.5 Å². The van der Waals surface area contributed by atoms with Crippen LogP contribution in [-0.4, -0.2) is 43.0 Å². The Hall–Kier alpha value is 0.620. The van der Waals surface area contributed by atoms with Crippen molar-refractivity contribution in [2.24, 2.45) is 11.8 Å². The van der Waals surface area contributed by atoms with Gasteiger partial charge in [0.1, 0.15) is 0 Å². The van der Waals surface area contributed by atoms with Crippen LogP contribution >= 0.6 is 23.5 Å². The molecule has 0 unspecified atom stereocenters. The molecule has 100 valence electrons.